The van der Waals surface area contributed by atoms with Crippen LogP contribution in [-0.2, 0) is 11.3 Å². The molecule has 0 saturated carbocycles. The first-order chi connectivity index (χ1) is 12.8. The normalized spacial score (nSPS) is 10.7. The largest absolute Gasteiger partial charge is 0.351 e. The van der Waals surface area contributed by atoms with Crippen molar-refractivity contribution < 1.29 is 9.59 Å². The Morgan fingerprint density at radius 3 is 2.74 bits per heavy atom. The van der Waals surface area contributed by atoms with Gasteiger partial charge in [-0.05, 0) is 37.3 Å². The first kappa shape index (κ1) is 20.0. The second-order valence-electron chi connectivity index (χ2n) is 5.68. The van der Waals surface area contributed by atoms with E-state index >= 15 is 0 Å². The number of rotatable bonds is 5. The molecule has 1 aromatic carbocycles. The van der Waals surface area contributed by atoms with Crippen LogP contribution in [-0.4, -0.2) is 16.8 Å². The lowest BCUT2D eigenvalue weighted by Gasteiger charge is -2.04. The van der Waals surface area contributed by atoms with Crippen LogP contribution >= 0.6 is 50.2 Å². The number of benzene rings is 1. The van der Waals surface area contributed by atoms with E-state index in [1.54, 1.807) is 29.5 Å². The molecule has 2 aromatic heterocycles. The molecule has 0 aliphatic rings. The molecule has 0 radical (unpaired) electrons. The molecule has 2 heterocycles. The summed E-state index contributed by atoms with van der Waals surface area (Å²) in [6.45, 7) is 3.95. The van der Waals surface area contributed by atoms with Gasteiger partial charge in [0.1, 0.15) is 0 Å². The number of hydrogen-bond acceptors (Lipinski definition) is 5. The fourth-order valence-corrected chi connectivity index (χ4v) is 4.77. The van der Waals surface area contributed by atoms with E-state index in [9.17, 15) is 9.59 Å². The minimum atomic E-state index is -0.306. The molecular formula is C18H15BrClN3O2S2. The molecular weight excluding hydrogens is 470 g/mol. The lowest BCUT2D eigenvalue weighted by Crippen LogP contribution is -2.17. The van der Waals surface area contributed by atoms with Crippen molar-refractivity contribution in [1.29, 1.82) is 0 Å². The van der Waals surface area contributed by atoms with E-state index in [0.717, 1.165) is 24.8 Å². The number of nitrogens with zero attached hydrogens (tertiary/aromatic N) is 1. The van der Waals surface area contributed by atoms with Crippen LogP contribution in [0.5, 0.6) is 0 Å². The van der Waals surface area contributed by atoms with E-state index in [1.165, 1.54) is 18.3 Å². The fourth-order valence-electron chi connectivity index (χ4n) is 2.33. The SMILES string of the molecule is CC(=O)NCc1ccc(-c2nc(NC(=O)c3cc(Br)ccc3Cl)sc2C)s1. The van der Waals surface area contributed by atoms with Gasteiger partial charge in [0.05, 0.1) is 27.7 Å². The molecule has 27 heavy (non-hydrogen) atoms. The number of aryl methyl sites for hydroxylation is 1. The molecule has 140 valence electrons. The average molecular weight is 485 g/mol. The van der Waals surface area contributed by atoms with Crippen molar-refractivity contribution in [3.8, 4) is 10.6 Å². The van der Waals surface area contributed by atoms with E-state index in [0.29, 0.717) is 22.3 Å². The van der Waals surface area contributed by atoms with Crippen LogP contribution in [0.4, 0.5) is 5.13 Å². The quantitative estimate of drug-likeness (QED) is 0.503. The van der Waals surface area contributed by atoms with Crippen molar-refractivity contribution in [2.45, 2.75) is 20.4 Å². The van der Waals surface area contributed by atoms with Gasteiger partial charge < -0.3 is 5.32 Å². The molecule has 0 fully saturated rings. The number of hydrogen-bond donors (Lipinski definition) is 2. The maximum absolute atomic E-state index is 12.5. The van der Waals surface area contributed by atoms with Gasteiger partial charge in [0.25, 0.3) is 5.91 Å². The van der Waals surface area contributed by atoms with Crippen molar-refractivity contribution >= 4 is 67.2 Å². The van der Waals surface area contributed by atoms with Gasteiger partial charge in [0, 0.05) is 21.2 Å². The molecule has 0 spiro atoms. The van der Waals surface area contributed by atoms with E-state index in [-0.39, 0.29) is 11.8 Å². The fraction of sp³-hybridized carbons (Fsp3) is 0.167. The van der Waals surface area contributed by atoms with Crippen LogP contribution in [0.3, 0.4) is 0 Å². The van der Waals surface area contributed by atoms with Crippen molar-refractivity contribution in [2.75, 3.05) is 5.32 Å². The Bertz CT molecular complexity index is 1020. The van der Waals surface area contributed by atoms with Crippen molar-refractivity contribution in [3.05, 3.63) is 55.1 Å². The number of carbonyl (C=O) groups is 2. The van der Waals surface area contributed by atoms with Gasteiger partial charge in [-0.2, -0.15) is 0 Å². The molecule has 3 rings (SSSR count). The van der Waals surface area contributed by atoms with Crippen LogP contribution in [0.15, 0.2) is 34.8 Å². The zero-order valence-corrected chi connectivity index (χ0v) is 18.4. The second kappa shape index (κ2) is 8.52. The summed E-state index contributed by atoms with van der Waals surface area (Å²) in [6.07, 6.45) is 0. The van der Waals surface area contributed by atoms with Gasteiger partial charge in [-0.25, -0.2) is 4.98 Å². The van der Waals surface area contributed by atoms with Crippen molar-refractivity contribution in [3.63, 3.8) is 0 Å². The van der Waals surface area contributed by atoms with Crippen LogP contribution in [0, 0.1) is 6.92 Å². The maximum Gasteiger partial charge on any atom is 0.258 e. The molecule has 0 atom stereocenters. The summed E-state index contributed by atoms with van der Waals surface area (Å²) in [6, 6.07) is 9.06. The molecule has 0 bridgehead atoms. The predicted octanol–water partition coefficient (Wildman–Crippen LogP) is 5.48. The predicted molar refractivity (Wildman–Crippen MR) is 115 cm³/mol. The van der Waals surface area contributed by atoms with Crippen LogP contribution in [0.2, 0.25) is 5.02 Å². The number of amides is 2. The molecule has 3 aromatic rings. The number of carbonyl (C=O) groups excluding carboxylic acids is 2. The Morgan fingerprint density at radius 2 is 2.00 bits per heavy atom. The summed E-state index contributed by atoms with van der Waals surface area (Å²) in [5.74, 6) is -0.370. The highest BCUT2D eigenvalue weighted by Gasteiger charge is 2.16. The molecule has 9 heteroatoms. The van der Waals surface area contributed by atoms with Gasteiger partial charge in [0.2, 0.25) is 5.91 Å². The average Bonchev–Trinajstić information content (AvgIpc) is 3.21. The molecule has 0 saturated heterocycles. The summed E-state index contributed by atoms with van der Waals surface area (Å²) in [5.41, 5.74) is 1.21. The molecule has 2 amide bonds. The highest BCUT2D eigenvalue weighted by Crippen LogP contribution is 2.35. The number of thiophene rings is 1. The summed E-state index contributed by atoms with van der Waals surface area (Å²) in [4.78, 5) is 31.1. The van der Waals surface area contributed by atoms with Crippen LogP contribution in [0.25, 0.3) is 10.6 Å². The summed E-state index contributed by atoms with van der Waals surface area (Å²) in [5, 5.41) is 6.49. The number of halogens is 2. The van der Waals surface area contributed by atoms with Gasteiger partial charge in [-0.3, -0.25) is 14.9 Å². The molecule has 0 aliphatic carbocycles. The minimum Gasteiger partial charge on any atom is -0.351 e. The van der Waals surface area contributed by atoms with Crippen LogP contribution < -0.4 is 10.6 Å². The minimum absolute atomic E-state index is 0.0639. The van der Waals surface area contributed by atoms with Gasteiger partial charge in [-0.15, -0.1) is 22.7 Å². The summed E-state index contributed by atoms with van der Waals surface area (Å²) < 4.78 is 0.776. The Labute approximate surface area is 177 Å². The first-order valence-electron chi connectivity index (χ1n) is 7.91. The lowest BCUT2D eigenvalue weighted by molar-refractivity contribution is -0.119. The number of anilines is 1. The van der Waals surface area contributed by atoms with Gasteiger partial charge in [-0.1, -0.05) is 27.5 Å². The van der Waals surface area contributed by atoms with Gasteiger partial charge in [0.15, 0.2) is 5.13 Å². The zero-order valence-electron chi connectivity index (χ0n) is 14.4. The van der Waals surface area contributed by atoms with E-state index in [4.69, 9.17) is 11.6 Å². The molecule has 5 nitrogen and oxygen atoms in total. The Kier molecular flexibility index (Phi) is 6.31. The summed E-state index contributed by atoms with van der Waals surface area (Å²) >= 11 is 12.4. The third kappa shape index (κ3) is 4.95. The smallest absolute Gasteiger partial charge is 0.258 e. The molecule has 2 N–H and O–H groups in total. The standard InChI is InChI=1S/C18H15BrClN3O2S2/c1-9-16(15-6-4-12(27-15)8-21-10(2)24)22-18(26-9)23-17(25)13-7-11(19)3-5-14(13)20/h3-7H,8H2,1-2H3,(H,21,24)(H,22,23,25). The van der Waals surface area contributed by atoms with E-state index in [1.807, 2.05) is 19.1 Å². The third-order valence-corrected chi connectivity index (χ3v) is 6.40. The highest BCUT2D eigenvalue weighted by atomic mass is 79.9. The lowest BCUT2D eigenvalue weighted by atomic mass is 10.2. The van der Waals surface area contributed by atoms with Gasteiger partial charge >= 0.3 is 0 Å². The summed E-state index contributed by atoms with van der Waals surface area (Å²) in [7, 11) is 0. The number of thiazole rings is 1. The van der Waals surface area contributed by atoms with E-state index < -0.39 is 0 Å². The Balaban J connectivity index is 1.77. The molecule has 0 aliphatic heterocycles. The Hall–Kier alpha value is -1.74. The highest BCUT2D eigenvalue weighted by molar-refractivity contribution is 9.10. The zero-order chi connectivity index (χ0) is 19.6. The topological polar surface area (TPSA) is 71.1 Å². The van der Waals surface area contributed by atoms with Crippen molar-refractivity contribution in [2.24, 2.45) is 0 Å². The van der Waals surface area contributed by atoms with Crippen LogP contribution in [0.1, 0.15) is 27.0 Å². The molecule has 0 unspecified atom stereocenters. The maximum atomic E-state index is 12.5. The first-order valence-corrected chi connectivity index (χ1v) is 10.7. The monoisotopic (exact) mass is 483 g/mol. The Morgan fingerprint density at radius 1 is 1.22 bits per heavy atom. The third-order valence-electron chi connectivity index (χ3n) is 3.60. The van der Waals surface area contributed by atoms with E-state index in [2.05, 4.69) is 31.5 Å². The van der Waals surface area contributed by atoms with Crippen molar-refractivity contribution in [1.82, 2.24) is 10.3 Å². The number of aromatic nitrogens is 1. The second-order valence-corrected chi connectivity index (χ2v) is 9.37. The number of nitrogens with one attached hydrogen (secondary N) is 2.